The van der Waals surface area contributed by atoms with Crippen molar-refractivity contribution >= 4 is 23.4 Å². The van der Waals surface area contributed by atoms with Crippen molar-refractivity contribution in [2.75, 3.05) is 39.5 Å². The zero-order chi connectivity index (χ0) is 21.5. The Morgan fingerprint density at radius 2 is 2.10 bits per heavy atom. The number of ether oxygens (including phenoxy) is 1. The van der Waals surface area contributed by atoms with Gasteiger partial charge in [-0.2, -0.15) is 0 Å². The molecular weight excluding hydrogens is 402 g/mol. The van der Waals surface area contributed by atoms with E-state index in [0.717, 1.165) is 32.5 Å². The molecule has 1 unspecified atom stereocenters. The second-order valence-electron chi connectivity index (χ2n) is 7.38. The van der Waals surface area contributed by atoms with Crippen molar-refractivity contribution in [1.82, 2.24) is 10.2 Å². The van der Waals surface area contributed by atoms with E-state index in [-0.39, 0.29) is 11.3 Å². The summed E-state index contributed by atoms with van der Waals surface area (Å²) in [4.78, 5) is 26.7. The quantitative estimate of drug-likeness (QED) is 0.372. The van der Waals surface area contributed by atoms with Crippen LogP contribution in [0.15, 0.2) is 47.4 Å². The Hall–Kier alpha value is -2.58. The maximum atomic E-state index is 12.7. The number of carbonyl (C=O) groups excluding carboxylic acids is 1. The monoisotopic (exact) mass is 429 g/mol. The van der Waals surface area contributed by atoms with E-state index < -0.39 is 10.8 Å². The summed E-state index contributed by atoms with van der Waals surface area (Å²) >= 11 is 1.39. The van der Waals surface area contributed by atoms with E-state index in [9.17, 15) is 14.9 Å². The number of amides is 1. The molecule has 1 atom stereocenters. The summed E-state index contributed by atoms with van der Waals surface area (Å²) in [5.41, 5.74) is 1.16. The molecule has 0 bridgehead atoms. The SMILES string of the molecule is COc1cc([N+](=O)[O-])c(C(=O)NCC2CCN(CCc3ccccc3)C2)cc1SC. The molecular formula is C22H27N3O4S. The van der Waals surface area contributed by atoms with Crippen molar-refractivity contribution in [1.29, 1.82) is 0 Å². The number of carbonyl (C=O) groups is 1. The van der Waals surface area contributed by atoms with Gasteiger partial charge in [-0.1, -0.05) is 30.3 Å². The van der Waals surface area contributed by atoms with Crippen molar-refractivity contribution in [3.05, 3.63) is 63.7 Å². The van der Waals surface area contributed by atoms with Crippen LogP contribution in [0, 0.1) is 16.0 Å². The van der Waals surface area contributed by atoms with Gasteiger partial charge in [-0.05, 0) is 43.2 Å². The average molecular weight is 430 g/mol. The van der Waals surface area contributed by atoms with Crippen molar-refractivity contribution in [2.45, 2.75) is 17.7 Å². The molecule has 1 aliphatic rings. The number of thioether (sulfide) groups is 1. The Balaban J connectivity index is 1.56. The van der Waals surface area contributed by atoms with Gasteiger partial charge in [-0.25, -0.2) is 0 Å². The van der Waals surface area contributed by atoms with Crippen LogP contribution in [0.2, 0.25) is 0 Å². The molecule has 1 fully saturated rings. The minimum absolute atomic E-state index is 0.0732. The maximum absolute atomic E-state index is 12.7. The minimum atomic E-state index is -0.539. The molecule has 160 valence electrons. The smallest absolute Gasteiger partial charge is 0.285 e. The van der Waals surface area contributed by atoms with Gasteiger partial charge in [0.25, 0.3) is 11.6 Å². The minimum Gasteiger partial charge on any atom is -0.495 e. The van der Waals surface area contributed by atoms with Crippen LogP contribution >= 0.6 is 11.8 Å². The van der Waals surface area contributed by atoms with Gasteiger partial charge >= 0.3 is 0 Å². The Morgan fingerprint density at radius 3 is 2.77 bits per heavy atom. The van der Waals surface area contributed by atoms with Crippen LogP contribution in [0.3, 0.4) is 0 Å². The lowest BCUT2D eigenvalue weighted by atomic mass is 10.1. The van der Waals surface area contributed by atoms with Gasteiger partial charge < -0.3 is 15.0 Å². The molecule has 1 aliphatic heterocycles. The third kappa shape index (κ3) is 5.52. The van der Waals surface area contributed by atoms with Crippen LogP contribution in [0.5, 0.6) is 5.75 Å². The van der Waals surface area contributed by atoms with Gasteiger partial charge in [0.05, 0.1) is 23.0 Å². The highest BCUT2D eigenvalue weighted by Gasteiger charge is 2.26. The van der Waals surface area contributed by atoms with Gasteiger partial charge in [0.15, 0.2) is 0 Å². The molecule has 3 rings (SSSR count). The normalized spacial score (nSPS) is 16.4. The lowest BCUT2D eigenvalue weighted by molar-refractivity contribution is -0.385. The van der Waals surface area contributed by atoms with E-state index in [1.807, 2.05) is 12.3 Å². The first-order chi connectivity index (χ1) is 14.5. The number of nitrogens with one attached hydrogen (secondary N) is 1. The van der Waals surface area contributed by atoms with Crippen LogP contribution in [0.25, 0.3) is 0 Å². The summed E-state index contributed by atoms with van der Waals surface area (Å²) in [6.07, 6.45) is 3.86. The van der Waals surface area contributed by atoms with E-state index in [1.54, 1.807) is 0 Å². The van der Waals surface area contributed by atoms with E-state index in [1.165, 1.54) is 36.6 Å². The Labute approximate surface area is 180 Å². The molecule has 0 aliphatic carbocycles. The molecule has 2 aromatic rings. The van der Waals surface area contributed by atoms with E-state index >= 15 is 0 Å². The molecule has 0 radical (unpaired) electrons. The molecule has 30 heavy (non-hydrogen) atoms. The molecule has 0 saturated carbocycles. The van der Waals surface area contributed by atoms with Gasteiger partial charge in [0.2, 0.25) is 0 Å². The number of rotatable bonds is 9. The number of hydrogen-bond acceptors (Lipinski definition) is 6. The molecule has 7 nitrogen and oxygen atoms in total. The lowest BCUT2D eigenvalue weighted by Gasteiger charge is -2.16. The molecule has 1 saturated heterocycles. The number of nitro benzene ring substituents is 1. The van der Waals surface area contributed by atoms with Gasteiger partial charge in [0.1, 0.15) is 11.3 Å². The molecule has 1 N–H and O–H groups in total. The molecule has 0 aromatic heterocycles. The fraction of sp³-hybridized carbons (Fsp3) is 0.409. The zero-order valence-corrected chi connectivity index (χ0v) is 18.1. The van der Waals surface area contributed by atoms with Crippen LogP contribution in [0.4, 0.5) is 5.69 Å². The highest BCUT2D eigenvalue weighted by Crippen LogP contribution is 2.34. The van der Waals surface area contributed by atoms with Crippen LogP contribution < -0.4 is 10.1 Å². The summed E-state index contributed by atoms with van der Waals surface area (Å²) in [5.74, 6) is 0.333. The standard InChI is InChI=1S/C22H27N3O4S/c1-29-20-13-19(25(27)28)18(12-21(20)30-2)22(26)23-14-17-9-11-24(15-17)10-8-16-6-4-3-5-7-16/h3-7,12-13,17H,8-11,14-15H2,1-2H3,(H,23,26). The molecule has 8 heteroatoms. The largest absolute Gasteiger partial charge is 0.495 e. The second-order valence-corrected chi connectivity index (χ2v) is 8.23. The van der Waals surface area contributed by atoms with E-state index in [4.69, 9.17) is 4.74 Å². The number of hydrogen-bond donors (Lipinski definition) is 1. The summed E-state index contributed by atoms with van der Waals surface area (Å²) in [7, 11) is 1.46. The molecule has 1 amide bonds. The fourth-order valence-electron chi connectivity index (χ4n) is 3.75. The van der Waals surface area contributed by atoms with Crippen LogP contribution in [-0.4, -0.2) is 55.3 Å². The topological polar surface area (TPSA) is 84.7 Å². The summed E-state index contributed by atoms with van der Waals surface area (Å²) < 4.78 is 5.21. The summed E-state index contributed by atoms with van der Waals surface area (Å²) in [6, 6.07) is 13.3. The maximum Gasteiger partial charge on any atom is 0.285 e. The van der Waals surface area contributed by atoms with Crippen molar-refractivity contribution in [2.24, 2.45) is 5.92 Å². The van der Waals surface area contributed by atoms with E-state index in [2.05, 4.69) is 34.5 Å². The first kappa shape index (κ1) is 22.1. The number of benzene rings is 2. The van der Waals surface area contributed by atoms with Crippen LogP contribution in [0.1, 0.15) is 22.3 Å². The van der Waals surface area contributed by atoms with Crippen molar-refractivity contribution < 1.29 is 14.5 Å². The first-order valence-corrected chi connectivity index (χ1v) is 11.2. The fourth-order valence-corrected chi connectivity index (χ4v) is 4.33. The number of nitro groups is 1. The van der Waals surface area contributed by atoms with E-state index in [0.29, 0.717) is 23.1 Å². The van der Waals surface area contributed by atoms with Crippen molar-refractivity contribution in [3.8, 4) is 5.75 Å². The average Bonchev–Trinajstić information content (AvgIpc) is 3.23. The highest BCUT2D eigenvalue weighted by atomic mass is 32.2. The summed E-state index contributed by atoms with van der Waals surface area (Å²) in [5, 5.41) is 14.3. The third-order valence-electron chi connectivity index (χ3n) is 5.42. The highest BCUT2D eigenvalue weighted by molar-refractivity contribution is 7.98. The Kier molecular flexibility index (Phi) is 7.70. The number of nitrogens with zero attached hydrogens (tertiary/aromatic N) is 2. The third-order valence-corrected chi connectivity index (χ3v) is 6.18. The Morgan fingerprint density at radius 1 is 1.33 bits per heavy atom. The second kappa shape index (κ2) is 10.4. The Bertz CT molecular complexity index is 891. The van der Waals surface area contributed by atoms with Gasteiger partial charge in [-0.3, -0.25) is 14.9 Å². The molecule has 0 spiro atoms. The predicted molar refractivity (Wildman–Crippen MR) is 118 cm³/mol. The van der Waals surface area contributed by atoms with Crippen LogP contribution in [-0.2, 0) is 6.42 Å². The summed E-state index contributed by atoms with van der Waals surface area (Å²) in [6.45, 7) is 3.44. The first-order valence-electron chi connectivity index (χ1n) is 9.96. The predicted octanol–water partition coefficient (Wildman–Crippen LogP) is 3.62. The number of likely N-dealkylation sites (tertiary alicyclic amines) is 1. The lowest BCUT2D eigenvalue weighted by Crippen LogP contribution is -2.31. The number of methoxy groups -OCH3 is 1. The molecule has 2 aromatic carbocycles. The zero-order valence-electron chi connectivity index (χ0n) is 17.3. The van der Waals surface area contributed by atoms with Crippen molar-refractivity contribution in [3.63, 3.8) is 0 Å². The van der Waals surface area contributed by atoms with Gasteiger partial charge in [-0.15, -0.1) is 11.8 Å². The van der Waals surface area contributed by atoms with Gasteiger partial charge in [0, 0.05) is 19.6 Å². The molecule has 1 heterocycles.